The highest BCUT2D eigenvalue weighted by Gasteiger charge is 2.17. The maximum Gasteiger partial charge on any atom is 0.127 e. The average molecular weight is 264 g/mol. The van der Waals surface area contributed by atoms with E-state index >= 15 is 0 Å². The summed E-state index contributed by atoms with van der Waals surface area (Å²) in [5.41, 5.74) is 6.98. The van der Waals surface area contributed by atoms with E-state index in [0.29, 0.717) is 11.9 Å². The Morgan fingerprint density at radius 3 is 2.89 bits per heavy atom. The Bertz CT molecular complexity index is 393. The minimum Gasteiger partial charge on any atom is -0.383 e. The molecule has 0 amide bonds. The molecule has 106 valence electrons. The summed E-state index contributed by atoms with van der Waals surface area (Å²) in [7, 11) is 2.14. The molecule has 0 saturated carbocycles. The summed E-state index contributed by atoms with van der Waals surface area (Å²) in [5, 5.41) is 0. The normalized spacial score (nSPS) is 18.7. The van der Waals surface area contributed by atoms with E-state index in [1.807, 2.05) is 12.1 Å². The summed E-state index contributed by atoms with van der Waals surface area (Å²) in [4.78, 5) is 8.91. The first-order valence-corrected chi connectivity index (χ1v) is 6.86. The fraction of sp³-hybridized carbons (Fsp3) is 0.643. The van der Waals surface area contributed by atoms with Crippen molar-refractivity contribution >= 4 is 5.82 Å². The van der Waals surface area contributed by atoms with Crippen molar-refractivity contribution in [2.45, 2.75) is 19.5 Å². The van der Waals surface area contributed by atoms with Gasteiger partial charge in [0.1, 0.15) is 5.82 Å². The third kappa shape index (κ3) is 4.16. The highest BCUT2D eigenvalue weighted by Crippen LogP contribution is 2.12. The predicted octanol–water partition coefficient (Wildman–Crippen LogP) is 0.816. The molecule has 0 radical (unpaired) electrons. The van der Waals surface area contributed by atoms with Gasteiger partial charge in [0.15, 0.2) is 0 Å². The maximum absolute atomic E-state index is 5.89. The van der Waals surface area contributed by atoms with Crippen LogP contribution in [-0.4, -0.2) is 60.7 Å². The first-order valence-electron chi connectivity index (χ1n) is 6.86. The summed E-state index contributed by atoms with van der Waals surface area (Å²) < 4.78 is 5.37. The molecular weight excluding hydrogens is 240 g/mol. The van der Waals surface area contributed by atoms with Crippen LogP contribution in [0, 0.1) is 0 Å². The molecule has 2 heterocycles. The molecule has 1 aromatic rings. The summed E-state index contributed by atoms with van der Waals surface area (Å²) in [6, 6.07) is 4.46. The number of nitrogens with two attached hydrogens (primary N) is 1. The van der Waals surface area contributed by atoms with Crippen LogP contribution in [-0.2, 0) is 11.3 Å². The molecular formula is C14H24N4O. The highest BCUT2D eigenvalue weighted by molar-refractivity contribution is 5.38. The summed E-state index contributed by atoms with van der Waals surface area (Å²) in [5.74, 6) is 0.632. The number of hydrogen-bond donors (Lipinski definition) is 1. The number of pyridine rings is 1. The van der Waals surface area contributed by atoms with Gasteiger partial charge >= 0.3 is 0 Å². The van der Waals surface area contributed by atoms with Crippen molar-refractivity contribution in [2.75, 3.05) is 45.6 Å². The first kappa shape index (κ1) is 14.2. The molecule has 0 bridgehead atoms. The number of hydrogen-bond acceptors (Lipinski definition) is 5. The van der Waals surface area contributed by atoms with Crippen molar-refractivity contribution in [3.63, 3.8) is 0 Å². The molecule has 1 atom stereocenters. The Morgan fingerprint density at radius 2 is 2.21 bits per heavy atom. The van der Waals surface area contributed by atoms with Crippen LogP contribution in [0.5, 0.6) is 0 Å². The molecule has 0 spiro atoms. The Balaban J connectivity index is 1.85. The number of ether oxygens (including phenoxy) is 1. The van der Waals surface area contributed by atoms with E-state index in [1.54, 1.807) is 6.20 Å². The van der Waals surface area contributed by atoms with Crippen molar-refractivity contribution in [1.29, 1.82) is 0 Å². The van der Waals surface area contributed by atoms with Gasteiger partial charge in [-0.25, -0.2) is 4.98 Å². The van der Waals surface area contributed by atoms with E-state index in [-0.39, 0.29) is 0 Å². The number of anilines is 1. The molecule has 5 nitrogen and oxygen atoms in total. The second kappa shape index (κ2) is 6.84. The van der Waals surface area contributed by atoms with Crippen LogP contribution in [0.1, 0.15) is 12.5 Å². The van der Waals surface area contributed by atoms with Crippen LogP contribution in [0.15, 0.2) is 18.3 Å². The quantitative estimate of drug-likeness (QED) is 0.853. The lowest BCUT2D eigenvalue weighted by Crippen LogP contribution is -2.44. The predicted molar refractivity (Wildman–Crippen MR) is 76.8 cm³/mol. The average Bonchev–Trinajstić information content (AvgIpc) is 2.42. The van der Waals surface area contributed by atoms with Crippen molar-refractivity contribution in [2.24, 2.45) is 0 Å². The van der Waals surface area contributed by atoms with E-state index < -0.39 is 0 Å². The second-order valence-corrected chi connectivity index (χ2v) is 5.22. The first-order chi connectivity index (χ1) is 9.16. The van der Waals surface area contributed by atoms with E-state index in [9.17, 15) is 0 Å². The molecule has 1 aliphatic heterocycles. The van der Waals surface area contributed by atoms with Gasteiger partial charge in [0.2, 0.25) is 0 Å². The molecule has 0 aromatic carbocycles. The lowest BCUT2D eigenvalue weighted by molar-refractivity contribution is 0.0262. The van der Waals surface area contributed by atoms with Gasteiger partial charge < -0.3 is 10.5 Å². The van der Waals surface area contributed by atoms with Gasteiger partial charge in [0, 0.05) is 44.0 Å². The molecule has 1 aromatic heterocycles. The largest absolute Gasteiger partial charge is 0.383 e. The van der Waals surface area contributed by atoms with Crippen LogP contribution in [0.25, 0.3) is 0 Å². The number of nitrogen functional groups attached to an aromatic ring is 1. The molecule has 1 fully saturated rings. The topological polar surface area (TPSA) is 54.6 Å². The number of rotatable bonds is 5. The van der Waals surface area contributed by atoms with E-state index in [1.165, 1.54) is 0 Å². The molecule has 2 rings (SSSR count). The third-order valence-corrected chi connectivity index (χ3v) is 3.72. The lowest BCUT2D eigenvalue weighted by Gasteiger charge is -2.33. The molecule has 1 aliphatic rings. The lowest BCUT2D eigenvalue weighted by atomic mass is 10.2. The maximum atomic E-state index is 5.89. The zero-order valence-electron chi connectivity index (χ0n) is 11.9. The highest BCUT2D eigenvalue weighted by atomic mass is 16.5. The van der Waals surface area contributed by atoms with Crippen molar-refractivity contribution in [1.82, 2.24) is 14.8 Å². The van der Waals surface area contributed by atoms with Crippen LogP contribution in [0.3, 0.4) is 0 Å². The Morgan fingerprint density at radius 1 is 1.47 bits per heavy atom. The van der Waals surface area contributed by atoms with Gasteiger partial charge in [-0.05, 0) is 20.0 Å². The van der Waals surface area contributed by atoms with Crippen LogP contribution >= 0.6 is 0 Å². The Labute approximate surface area is 115 Å². The fourth-order valence-corrected chi connectivity index (χ4v) is 2.31. The Kier molecular flexibility index (Phi) is 5.13. The Hall–Kier alpha value is -1.17. The summed E-state index contributed by atoms with van der Waals surface area (Å²) in [6.07, 6.45) is 1.73. The van der Waals surface area contributed by atoms with Gasteiger partial charge in [-0.1, -0.05) is 6.07 Å². The van der Waals surface area contributed by atoms with Crippen LogP contribution < -0.4 is 5.73 Å². The summed E-state index contributed by atoms with van der Waals surface area (Å²) >= 11 is 0. The summed E-state index contributed by atoms with van der Waals surface area (Å²) in [6.45, 7) is 7.94. The van der Waals surface area contributed by atoms with Crippen molar-refractivity contribution in [3.05, 3.63) is 23.9 Å². The van der Waals surface area contributed by atoms with Gasteiger partial charge in [0.25, 0.3) is 0 Å². The monoisotopic (exact) mass is 264 g/mol. The minimum absolute atomic E-state index is 0.484. The third-order valence-electron chi connectivity index (χ3n) is 3.72. The van der Waals surface area contributed by atoms with E-state index in [4.69, 9.17) is 10.5 Å². The van der Waals surface area contributed by atoms with E-state index in [2.05, 4.69) is 28.8 Å². The number of nitrogens with zero attached hydrogens (tertiary/aromatic N) is 3. The molecule has 5 heteroatoms. The van der Waals surface area contributed by atoms with Crippen LogP contribution in [0.4, 0.5) is 5.82 Å². The zero-order chi connectivity index (χ0) is 13.7. The van der Waals surface area contributed by atoms with Crippen LogP contribution in [0.2, 0.25) is 0 Å². The smallest absolute Gasteiger partial charge is 0.127 e. The van der Waals surface area contributed by atoms with Gasteiger partial charge in [-0.3, -0.25) is 9.80 Å². The standard InChI is InChI=1S/C14H24N4O/c1-12(10-18-6-8-19-9-7-18)17(2)11-13-4-3-5-16-14(13)15/h3-5,12H,6-11H2,1-2H3,(H2,15,16). The number of morpholine rings is 1. The number of likely N-dealkylation sites (N-methyl/N-ethyl adjacent to an activating group) is 1. The van der Waals surface area contributed by atoms with Gasteiger partial charge in [-0.15, -0.1) is 0 Å². The number of aromatic nitrogens is 1. The fourth-order valence-electron chi connectivity index (χ4n) is 2.31. The molecule has 1 unspecified atom stereocenters. The molecule has 2 N–H and O–H groups in total. The van der Waals surface area contributed by atoms with Gasteiger partial charge in [-0.2, -0.15) is 0 Å². The SMILES string of the molecule is CC(CN1CCOCC1)N(C)Cc1cccnc1N. The van der Waals surface area contributed by atoms with Crippen molar-refractivity contribution < 1.29 is 4.74 Å². The molecule has 1 saturated heterocycles. The van der Waals surface area contributed by atoms with E-state index in [0.717, 1.165) is 45.0 Å². The van der Waals surface area contributed by atoms with Crippen molar-refractivity contribution in [3.8, 4) is 0 Å². The minimum atomic E-state index is 0.484. The molecule has 0 aliphatic carbocycles. The second-order valence-electron chi connectivity index (χ2n) is 5.22. The van der Waals surface area contributed by atoms with Gasteiger partial charge in [0.05, 0.1) is 13.2 Å². The molecule has 19 heavy (non-hydrogen) atoms. The zero-order valence-corrected chi connectivity index (χ0v) is 11.9.